The zero-order valence-electron chi connectivity index (χ0n) is 9.95. The highest BCUT2D eigenvalue weighted by Crippen LogP contribution is 2.41. The van der Waals surface area contributed by atoms with E-state index in [0.717, 1.165) is 5.57 Å². The first-order valence-electron chi connectivity index (χ1n) is 5.40. The maximum absolute atomic E-state index is 11.4. The zero-order valence-corrected chi connectivity index (χ0v) is 9.95. The lowest BCUT2D eigenvalue weighted by atomic mass is 9.66. The van der Waals surface area contributed by atoms with E-state index in [0.29, 0.717) is 6.42 Å². The largest absolute Gasteiger partial charge is 0.388 e. The lowest BCUT2D eigenvalue weighted by Gasteiger charge is -2.39. The minimum Gasteiger partial charge on any atom is -0.388 e. The summed E-state index contributed by atoms with van der Waals surface area (Å²) in [4.78, 5) is 11.4. The van der Waals surface area contributed by atoms with Crippen LogP contribution < -0.4 is 0 Å². The maximum Gasteiger partial charge on any atom is 0.156 e. The van der Waals surface area contributed by atoms with Crippen molar-refractivity contribution in [2.75, 3.05) is 0 Å². The van der Waals surface area contributed by atoms with Crippen LogP contribution in [0.5, 0.6) is 0 Å². The van der Waals surface area contributed by atoms with Crippen LogP contribution in [0.15, 0.2) is 23.8 Å². The first-order chi connectivity index (χ1) is 6.88. The topological polar surface area (TPSA) is 37.3 Å². The molecule has 2 unspecified atom stereocenters. The van der Waals surface area contributed by atoms with E-state index in [1.54, 1.807) is 12.2 Å². The highest BCUT2D eigenvalue weighted by Gasteiger charge is 2.39. The maximum atomic E-state index is 11.4. The predicted octanol–water partition coefficient (Wildman–Crippen LogP) is 2.48. The summed E-state index contributed by atoms with van der Waals surface area (Å²) in [5.41, 5.74) is 0.830. The van der Waals surface area contributed by atoms with Crippen molar-refractivity contribution < 1.29 is 9.90 Å². The van der Waals surface area contributed by atoms with E-state index < -0.39 is 6.10 Å². The Morgan fingerprint density at radius 3 is 2.67 bits per heavy atom. The molecule has 84 valence electrons. The number of carbonyl (C=O) groups excluding carboxylic acids is 1. The van der Waals surface area contributed by atoms with Gasteiger partial charge in [-0.25, -0.2) is 0 Å². The normalized spacial score (nSPS) is 27.9. The van der Waals surface area contributed by atoms with Gasteiger partial charge in [0.05, 0.1) is 6.10 Å². The van der Waals surface area contributed by atoms with Gasteiger partial charge in [-0.05, 0) is 25.3 Å². The van der Waals surface area contributed by atoms with Crippen molar-refractivity contribution in [1.82, 2.24) is 0 Å². The van der Waals surface area contributed by atoms with Crippen LogP contribution in [0.3, 0.4) is 0 Å². The van der Waals surface area contributed by atoms with E-state index in [9.17, 15) is 9.90 Å². The molecule has 0 aromatic heterocycles. The first kappa shape index (κ1) is 12.2. The molecule has 0 radical (unpaired) electrons. The van der Waals surface area contributed by atoms with Gasteiger partial charge in [0.2, 0.25) is 0 Å². The molecule has 0 aromatic carbocycles. The Balaban J connectivity index is 3.03. The molecule has 0 aliphatic heterocycles. The molecule has 2 heteroatoms. The van der Waals surface area contributed by atoms with E-state index in [1.165, 1.54) is 0 Å². The molecule has 0 heterocycles. The summed E-state index contributed by atoms with van der Waals surface area (Å²) in [6, 6.07) is 0. The molecule has 0 saturated carbocycles. The van der Waals surface area contributed by atoms with Crippen molar-refractivity contribution in [1.29, 1.82) is 0 Å². The van der Waals surface area contributed by atoms with E-state index in [2.05, 4.69) is 0 Å². The molecule has 0 aromatic rings. The minimum atomic E-state index is -0.491. The lowest BCUT2D eigenvalue weighted by molar-refractivity contribution is -0.118. The number of aliphatic hydroxyl groups is 1. The van der Waals surface area contributed by atoms with Gasteiger partial charge < -0.3 is 5.11 Å². The smallest absolute Gasteiger partial charge is 0.156 e. The monoisotopic (exact) mass is 208 g/mol. The van der Waals surface area contributed by atoms with Crippen LogP contribution in [0.4, 0.5) is 0 Å². The summed E-state index contributed by atoms with van der Waals surface area (Å²) < 4.78 is 0. The summed E-state index contributed by atoms with van der Waals surface area (Å²) in [6.07, 6.45) is 5.34. The average Bonchev–Trinajstić information content (AvgIpc) is 1.99. The molecular formula is C13H20O2. The molecule has 0 saturated heterocycles. The molecule has 1 aliphatic carbocycles. The average molecular weight is 208 g/mol. The van der Waals surface area contributed by atoms with Crippen LogP contribution in [0.25, 0.3) is 0 Å². The molecule has 0 spiro atoms. The van der Waals surface area contributed by atoms with Gasteiger partial charge in [-0.15, -0.1) is 0 Å². The summed E-state index contributed by atoms with van der Waals surface area (Å²) in [5, 5.41) is 10.0. The van der Waals surface area contributed by atoms with Gasteiger partial charge in [-0.2, -0.15) is 0 Å². The number of hydrogen-bond donors (Lipinski definition) is 1. The molecule has 0 bridgehead atoms. The summed E-state index contributed by atoms with van der Waals surface area (Å²) >= 11 is 0. The predicted molar refractivity (Wildman–Crippen MR) is 61.5 cm³/mol. The van der Waals surface area contributed by atoms with Crippen LogP contribution in [0.2, 0.25) is 0 Å². The highest BCUT2D eigenvalue weighted by molar-refractivity contribution is 5.92. The third kappa shape index (κ3) is 2.57. The Morgan fingerprint density at radius 2 is 2.20 bits per heavy atom. The van der Waals surface area contributed by atoms with Crippen molar-refractivity contribution in [3.05, 3.63) is 23.8 Å². The summed E-state index contributed by atoms with van der Waals surface area (Å²) in [6.45, 7) is 7.90. The van der Waals surface area contributed by atoms with Gasteiger partial charge in [0.15, 0.2) is 5.78 Å². The summed E-state index contributed by atoms with van der Waals surface area (Å²) in [7, 11) is 0. The highest BCUT2D eigenvalue weighted by atomic mass is 16.3. The SMILES string of the molecule is CC=CC(O)C1C(C)=CC(=O)CC1(C)C. The van der Waals surface area contributed by atoms with Crippen LogP contribution in [-0.2, 0) is 4.79 Å². The van der Waals surface area contributed by atoms with Gasteiger partial charge >= 0.3 is 0 Å². The van der Waals surface area contributed by atoms with Crippen LogP contribution in [-0.4, -0.2) is 17.0 Å². The Bertz CT molecular complexity index is 310. The second kappa shape index (κ2) is 4.31. The van der Waals surface area contributed by atoms with Crippen molar-refractivity contribution in [2.24, 2.45) is 11.3 Å². The molecule has 1 rings (SSSR count). The lowest BCUT2D eigenvalue weighted by Crippen LogP contribution is -2.38. The van der Waals surface area contributed by atoms with Crippen LogP contribution >= 0.6 is 0 Å². The molecule has 1 N–H and O–H groups in total. The summed E-state index contributed by atoms with van der Waals surface area (Å²) in [5.74, 6) is 0.216. The third-order valence-corrected chi connectivity index (χ3v) is 3.08. The first-order valence-corrected chi connectivity index (χ1v) is 5.40. The van der Waals surface area contributed by atoms with Crippen LogP contribution in [0, 0.1) is 11.3 Å². The van der Waals surface area contributed by atoms with E-state index in [1.807, 2.05) is 33.8 Å². The third-order valence-electron chi connectivity index (χ3n) is 3.08. The molecule has 0 fully saturated rings. The number of hydrogen-bond acceptors (Lipinski definition) is 2. The van der Waals surface area contributed by atoms with Crippen molar-refractivity contribution >= 4 is 5.78 Å². The number of rotatable bonds is 2. The van der Waals surface area contributed by atoms with Gasteiger partial charge in [-0.3, -0.25) is 4.79 Å². The Morgan fingerprint density at radius 1 is 1.60 bits per heavy atom. The Hall–Kier alpha value is -0.890. The van der Waals surface area contributed by atoms with Gasteiger partial charge in [0.25, 0.3) is 0 Å². The second-order valence-corrected chi connectivity index (χ2v) is 5.01. The molecular weight excluding hydrogens is 188 g/mol. The molecule has 0 amide bonds. The quantitative estimate of drug-likeness (QED) is 0.708. The number of aliphatic hydroxyl groups excluding tert-OH is 1. The van der Waals surface area contributed by atoms with Gasteiger partial charge in [0, 0.05) is 12.3 Å². The van der Waals surface area contributed by atoms with E-state index in [4.69, 9.17) is 0 Å². The van der Waals surface area contributed by atoms with Gasteiger partial charge in [-0.1, -0.05) is 31.6 Å². The molecule has 2 nitrogen and oxygen atoms in total. The second-order valence-electron chi connectivity index (χ2n) is 5.01. The standard InChI is InChI=1S/C13H20O2/c1-5-6-11(15)12-9(2)7-10(14)8-13(12,3)4/h5-7,11-12,15H,8H2,1-4H3. The van der Waals surface area contributed by atoms with E-state index >= 15 is 0 Å². The fraction of sp³-hybridized carbons (Fsp3) is 0.615. The minimum absolute atomic E-state index is 0.0476. The fourth-order valence-corrected chi connectivity index (χ4v) is 2.61. The van der Waals surface area contributed by atoms with Gasteiger partial charge in [0.1, 0.15) is 0 Å². The molecule has 1 aliphatic rings. The van der Waals surface area contributed by atoms with Crippen LogP contribution in [0.1, 0.15) is 34.1 Å². The number of ketones is 1. The van der Waals surface area contributed by atoms with E-state index in [-0.39, 0.29) is 17.1 Å². The number of carbonyl (C=O) groups is 1. The zero-order chi connectivity index (χ0) is 11.6. The Labute approximate surface area is 91.7 Å². The van der Waals surface area contributed by atoms with Crippen molar-refractivity contribution in [3.8, 4) is 0 Å². The molecule has 15 heavy (non-hydrogen) atoms. The van der Waals surface area contributed by atoms with Crippen molar-refractivity contribution in [2.45, 2.75) is 40.2 Å². The fourth-order valence-electron chi connectivity index (χ4n) is 2.61. The Kier molecular flexibility index (Phi) is 3.50. The molecule has 2 atom stereocenters. The van der Waals surface area contributed by atoms with Crippen molar-refractivity contribution in [3.63, 3.8) is 0 Å². The number of allylic oxidation sites excluding steroid dienone is 2.